The van der Waals surface area contributed by atoms with E-state index in [1.165, 1.54) is 7.11 Å². The maximum absolute atomic E-state index is 12.6. The van der Waals surface area contributed by atoms with Crippen LogP contribution in [0.5, 0.6) is 0 Å². The average Bonchev–Trinajstić information content (AvgIpc) is 2.83. The van der Waals surface area contributed by atoms with Gasteiger partial charge in [0.05, 0.1) is 13.2 Å². The molecule has 3 atom stereocenters. The van der Waals surface area contributed by atoms with Crippen LogP contribution in [0, 0.1) is 11.8 Å². The summed E-state index contributed by atoms with van der Waals surface area (Å²) in [5, 5.41) is 0. The maximum Gasteiger partial charge on any atom is 0.425 e. The maximum atomic E-state index is 12.6. The SMILES string of the molecule is CC[C@H](C)[C@H](NS(=O)(=O)N1C(=O)OC[C@@H]1CC(C)C)C(=O)OC. The van der Waals surface area contributed by atoms with Crippen molar-refractivity contribution in [2.45, 2.75) is 52.6 Å². The van der Waals surface area contributed by atoms with Gasteiger partial charge in [0.2, 0.25) is 0 Å². The van der Waals surface area contributed by atoms with Crippen LogP contribution in [0.1, 0.15) is 40.5 Å². The molecule has 1 aliphatic heterocycles. The van der Waals surface area contributed by atoms with Crippen molar-refractivity contribution in [3.8, 4) is 0 Å². The molecule has 0 aliphatic carbocycles. The van der Waals surface area contributed by atoms with Gasteiger partial charge >= 0.3 is 22.3 Å². The standard InChI is InChI=1S/C14H26N2O6S/c1-6-10(4)12(13(17)21-5)15-23(19,20)16-11(7-9(2)3)8-22-14(16)18/h9-12,15H,6-8H2,1-5H3/t10-,11-,12-/m0/s1. The summed E-state index contributed by atoms with van der Waals surface area (Å²) in [5.74, 6) is -0.770. The van der Waals surface area contributed by atoms with Gasteiger partial charge in [-0.05, 0) is 18.3 Å². The molecule has 9 heteroatoms. The number of hydrogen-bond acceptors (Lipinski definition) is 6. The molecule has 1 rings (SSSR count). The van der Waals surface area contributed by atoms with Crippen LogP contribution in [0.2, 0.25) is 0 Å². The summed E-state index contributed by atoms with van der Waals surface area (Å²) in [5.41, 5.74) is 0. The second kappa shape index (κ2) is 7.96. The van der Waals surface area contributed by atoms with Gasteiger partial charge < -0.3 is 9.47 Å². The van der Waals surface area contributed by atoms with E-state index in [0.717, 1.165) is 0 Å². The molecule has 0 aromatic carbocycles. The molecule has 0 unspecified atom stereocenters. The minimum Gasteiger partial charge on any atom is -0.468 e. The van der Waals surface area contributed by atoms with E-state index >= 15 is 0 Å². The minimum atomic E-state index is -4.21. The molecular formula is C14H26N2O6S. The zero-order chi connectivity index (χ0) is 17.8. The van der Waals surface area contributed by atoms with Crippen LogP contribution < -0.4 is 4.72 Å². The van der Waals surface area contributed by atoms with Gasteiger partial charge in [-0.1, -0.05) is 34.1 Å². The third-order valence-electron chi connectivity index (χ3n) is 3.86. The summed E-state index contributed by atoms with van der Waals surface area (Å²) in [4.78, 5) is 23.7. The van der Waals surface area contributed by atoms with Crippen molar-refractivity contribution >= 4 is 22.3 Å². The van der Waals surface area contributed by atoms with E-state index in [1.54, 1.807) is 6.92 Å². The smallest absolute Gasteiger partial charge is 0.425 e. The normalized spacial score (nSPS) is 21.2. The number of esters is 1. The lowest BCUT2D eigenvalue weighted by atomic mass is 10.0. The monoisotopic (exact) mass is 350 g/mol. The van der Waals surface area contributed by atoms with Gasteiger partial charge in [-0.15, -0.1) is 0 Å². The van der Waals surface area contributed by atoms with Crippen LogP contribution >= 0.6 is 0 Å². The van der Waals surface area contributed by atoms with Gasteiger partial charge in [0.15, 0.2) is 0 Å². The van der Waals surface area contributed by atoms with Gasteiger partial charge in [0.1, 0.15) is 12.6 Å². The number of hydrogen-bond donors (Lipinski definition) is 1. The zero-order valence-electron chi connectivity index (χ0n) is 14.2. The largest absolute Gasteiger partial charge is 0.468 e. The molecular weight excluding hydrogens is 324 g/mol. The van der Waals surface area contributed by atoms with Crippen molar-refractivity contribution in [1.82, 2.24) is 9.03 Å². The average molecular weight is 350 g/mol. The van der Waals surface area contributed by atoms with Gasteiger partial charge in [-0.2, -0.15) is 17.4 Å². The van der Waals surface area contributed by atoms with Crippen LogP contribution in [0.25, 0.3) is 0 Å². The number of amides is 1. The number of ether oxygens (including phenoxy) is 2. The van der Waals surface area contributed by atoms with Crippen LogP contribution in [-0.2, 0) is 24.5 Å². The van der Waals surface area contributed by atoms with Crippen LogP contribution in [0.3, 0.4) is 0 Å². The molecule has 1 amide bonds. The Morgan fingerprint density at radius 2 is 2.04 bits per heavy atom. The number of carbonyl (C=O) groups is 2. The molecule has 0 aromatic rings. The van der Waals surface area contributed by atoms with E-state index in [2.05, 4.69) is 9.46 Å². The molecule has 0 radical (unpaired) electrons. The minimum absolute atomic E-state index is 0.0180. The van der Waals surface area contributed by atoms with E-state index in [9.17, 15) is 18.0 Å². The fraction of sp³-hybridized carbons (Fsp3) is 0.857. The van der Waals surface area contributed by atoms with E-state index in [-0.39, 0.29) is 18.4 Å². The van der Waals surface area contributed by atoms with Crippen LogP contribution in [0.15, 0.2) is 0 Å². The lowest BCUT2D eigenvalue weighted by Crippen LogP contribution is -2.53. The number of nitrogens with zero attached hydrogens (tertiary/aromatic N) is 1. The van der Waals surface area contributed by atoms with Crippen LogP contribution in [0.4, 0.5) is 4.79 Å². The molecule has 1 heterocycles. The van der Waals surface area contributed by atoms with Crippen molar-refractivity contribution in [3.63, 3.8) is 0 Å². The third kappa shape index (κ3) is 4.81. The number of methoxy groups -OCH3 is 1. The topological polar surface area (TPSA) is 102 Å². The Morgan fingerprint density at radius 1 is 1.43 bits per heavy atom. The molecule has 0 aromatic heterocycles. The molecule has 0 bridgehead atoms. The van der Waals surface area contributed by atoms with E-state index in [1.807, 2.05) is 20.8 Å². The molecule has 1 aliphatic rings. The molecule has 1 saturated heterocycles. The highest BCUT2D eigenvalue weighted by Crippen LogP contribution is 2.23. The van der Waals surface area contributed by atoms with Gasteiger partial charge in [0, 0.05) is 0 Å². The van der Waals surface area contributed by atoms with Gasteiger partial charge in [-0.3, -0.25) is 4.79 Å². The quantitative estimate of drug-likeness (QED) is 0.662. The van der Waals surface area contributed by atoms with Gasteiger partial charge in [0.25, 0.3) is 0 Å². The Kier molecular flexibility index (Phi) is 6.82. The van der Waals surface area contributed by atoms with Crippen molar-refractivity contribution in [2.75, 3.05) is 13.7 Å². The third-order valence-corrected chi connectivity index (χ3v) is 5.37. The highest BCUT2D eigenvalue weighted by atomic mass is 32.2. The predicted octanol–water partition coefficient (Wildman–Crippen LogP) is 1.28. The molecule has 23 heavy (non-hydrogen) atoms. The summed E-state index contributed by atoms with van der Waals surface area (Å²) < 4.78 is 37.7. The Morgan fingerprint density at radius 3 is 2.52 bits per heavy atom. The molecule has 0 saturated carbocycles. The number of cyclic esters (lactones) is 1. The lowest BCUT2D eigenvalue weighted by molar-refractivity contribution is -0.143. The summed E-state index contributed by atoms with van der Waals surface area (Å²) >= 11 is 0. The Balaban J connectivity index is 3.02. The molecule has 0 spiro atoms. The first-order valence-corrected chi connectivity index (χ1v) is 9.14. The van der Waals surface area contributed by atoms with Crippen molar-refractivity contribution < 1.29 is 27.5 Å². The van der Waals surface area contributed by atoms with Crippen LogP contribution in [-0.4, -0.2) is 50.6 Å². The predicted molar refractivity (Wildman–Crippen MR) is 83.7 cm³/mol. The second-order valence-corrected chi connectivity index (χ2v) is 7.74. The zero-order valence-corrected chi connectivity index (χ0v) is 15.1. The molecule has 1 fully saturated rings. The number of carbonyl (C=O) groups excluding carboxylic acids is 2. The summed E-state index contributed by atoms with van der Waals surface area (Å²) in [6.07, 6.45) is 0.136. The Bertz CT molecular complexity index is 533. The Labute approximate surface area is 137 Å². The highest BCUT2D eigenvalue weighted by Gasteiger charge is 2.44. The highest BCUT2D eigenvalue weighted by molar-refractivity contribution is 7.87. The first kappa shape index (κ1) is 19.7. The fourth-order valence-electron chi connectivity index (χ4n) is 2.43. The van der Waals surface area contributed by atoms with E-state index in [0.29, 0.717) is 17.1 Å². The molecule has 8 nitrogen and oxygen atoms in total. The van der Waals surface area contributed by atoms with Gasteiger partial charge in [-0.25, -0.2) is 4.79 Å². The molecule has 134 valence electrons. The Hall–Kier alpha value is -1.35. The van der Waals surface area contributed by atoms with E-state index in [4.69, 9.17) is 4.74 Å². The summed E-state index contributed by atoms with van der Waals surface area (Å²) in [6, 6.07) is -1.63. The van der Waals surface area contributed by atoms with E-state index < -0.39 is 34.4 Å². The number of nitrogens with one attached hydrogen (secondary N) is 1. The first-order chi connectivity index (χ1) is 10.6. The fourth-order valence-corrected chi connectivity index (χ4v) is 3.98. The van der Waals surface area contributed by atoms with Crippen molar-refractivity contribution in [3.05, 3.63) is 0 Å². The van der Waals surface area contributed by atoms with Crippen molar-refractivity contribution in [1.29, 1.82) is 0 Å². The number of rotatable bonds is 8. The second-order valence-electron chi connectivity index (χ2n) is 6.17. The lowest BCUT2D eigenvalue weighted by Gasteiger charge is -2.27. The van der Waals surface area contributed by atoms with Crippen molar-refractivity contribution in [2.24, 2.45) is 11.8 Å². The summed E-state index contributed by atoms with van der Waals surface area (Å²) in [7, 11) is -3.01. The first-order valence-electron chi connectivity index (χ1n) is 7.70. The molecule has 1 N–H and O–H groups in total. The summed E-state index contributed by atoms with van der Waals surface area (Å²) in [6.45, 7) is 7.44.